The van der Waals surface area contributed by atoms with E-state index in [0.717, 1.165) is 23.3 Å². The number of hydrogen-bond donors (Lipinski definition) is 1. The van der Waals surface area contributed by atoms with Crippen molar-refractivity contribution in [3.8, 4) is 0 Å². The van der Waals surface area contributed by atoms with Gasteiger partial charge in [-0.05, 0) is 18.1 Å². The van der Waals surface area contributed by atoms with Gasteiger partial charge in [0.2, 0.25) is 0 Å². The molecule has 0 radical (unpaired) electrons. The fourth-order valence-electron chi connectivity index (χ4n) is 1.84. The zero-order valence-corrected chi connectivity index (χ0v) is 10.8. The van der Waals surface area contributed by atoms with Crippen LogP contribution in [0.1, 0.15) is 57.2 Å². The Labute approximate surface area is 150 Å². The Balaban J connectivity index is 0.00000256. The summed E-state index contributed by atoms with van der Waals surface area (Å²) in [6.07, 6.45) is 5.62. The molecule has 0 nitrogen and oxygen atoms in total. The first-order valence-electron chi connectivity index (χ1n) is 6.17. The summed E-state index contributed by atoms with van der Waals surface area (Å²) in [4.78, 5) is 0.767. The summed E-state index contributed by atoms with van der Waals surface area (Å²) in [7, 11) is 0. The third-order valence-corrected chi connectivity index (χ3v) is 3.24. The van der Waals surface area contributed by atoms with Crippen LogP contribution in [0, 0.1) is 0 Å². The molecule has 1 atom stereocenters. The molecule has 1 rings (SSSR count). The van der Waals surface area contributed by atoms with Crippen molar-refractivity contribution in [1.82, 2.24) is 0 Å². The summed E-state index contributed by atoms with van der Waals surface area (Å²) in [5.74, 6) is 0. The number of halogens is 1. The average Bonchev–Trinajstić information content (AvgIpc) is 2.29. The van der Waals surface area contributed by atoms with Crippen molar-refractivity contribution in [2.75, 3.05) is 0 Å². The van der Waals surface area contributed by atoms with Gasteiger partial charge in [0.05, 0.1) is 0 Å². The van der Waals surface area contributed by atoms with Crippen LogP contribution in [0.2, 0.25) is 0 Å². The molecule has 0 heterocycles. The predicted molar refractivity (Wildman–Crippen MR) is 79.5 cm³/mol. The van der Waals surface area contributed by atoms with Gasteiger partial charge in [-0.15, -0.1) is 12.6 Å². The first-order chi connectivity index (χ1) is 7.75. The molecule has 0 aromatic heterocycles. The number of unbranched alkanes of at least 4 members (excludes halogenated alkanes) is 4. The first kappa shape index (κ1) is 18.1. The Hall–Kier alpha value is 1.07. The molecule has 1 aromatic carbocycles. The van der Waals surface area contributed by atoms with E-state index < -0.39 is 6.17 Å². The van der Waals surface area contributed by atoms with E-state index in [2.05, 4.69) is 19.6 Å². The Morgan fingerprint density at radius 3 is 2.41 bits per heavy atom. The number of thiol groups is 1. The van der Waals surface area contributed by atoms with Crippen molar-refractivity contribution in [1.29, 1.82) is 0 Å². The molecule has 1 unspecified atom stereocenters. The van der Waals surface area contributed by atoms with Crippen LogP contribution in [0.25, 0.3) is 0 Å². The van der Waals surface area contributed by atoms with Gasteiger partial charge in [0.1, 0.15) is 6.17 Å². The summed E-state index contributed by atoms with van der Waals surface area (Å²) in [6, 6.07) is 7.44. The Bertz CT molecular complexity index is 304. The molecule has 0 aliphatic carbocycles. The predicted octanol–water partition coefficient (Wildman–Crippen LogP) is 4.43. The van der Waals surface area contributed by atoms with Crippen molar-refractivity contribution in [3.05, 3.63) is 29.8 Å². The standard InChI is InChI=1S/C14H21FS.Ba.2H/c1-2-3-4-5-6-10-13(15)12-9-7-8-11-14(12)16;;;/h7-9,11,13,16H,2-6,10H2,1H3;;;. The fourth-order valence-corrected chi connectivity index (χ4v) is 2.14. The molecule has 3 heteroatoms. The minimum atomic E-state index is -0.852. The molecule has 0 aliphatic rings. The third kappa shape index (κ3) is 7.29. The molecule has 17 heavy (non-hydrogen) atoms. The number of alkyl halides is 1. The van der Waals surface area contributed by atoms with Crippen LogP contribution in [-0.4, -0.2) is 48.9 Å². The van der Waals surface area contributed by atoms with E-state index >= 15 is 0 Å². The van der Waals surface area contributed by atoms with E-state index in [-0.39, 0.29) is 48.9 Å². The molecule has 1 aromatic rings. The van der Waals surface area contributed by atoms with E-state index in [9.17, 15) is 4.39 Å². The van der Waals surface area contributed by atoms with Crippen LogP contribution in [0.3, 0.4) is 0 Å². The second-order valence-electron chi connectivity index (χ2n) is 4.23. The molecular weight excluding hydrogens is 357 g/mol. The van der Waals surface area contributed by atoms with Gasteiger partial charge in [-0.25, -0.2) is 4.39 Å². The van der Waals surface area contributed by atoms with Crippen LogP contribution in [0.4, 0.5) is 4.39 Å². The molecular formula is C14H23BaFS. The van der Waals surface area contributed by atoms with E-state index in [1.165, 1.54) is 19.3 Å². The van der Waals surface area contributed by atoms with Gasteiger partial charge in [0.25, 0.3) is 0 Å². The summed E-state index contributed by atoms with van der Waals surface area (Å²) >= 11 is 4.28. The van der Waals surface area contributed by atoms with Crippen molar-refractivity contribution < 1.29 is 4.39 Å². The van der Waals surface area contributed by atoms with Crippen molar-refractivity contribution in [2.45, 2.75) is 56.5 Å². The molecule has 0 spiro atoms. The molecule has 0 N–H and O–H groups in total. The maximum atomic E-state index is 13.9. The van der Waals surface area contributed by atoms with Crippen molar-refractivity contribution in [2.24, 2.45) is 0 Å². The topological polar surface area (TPSA) is 0 Å². The number of benzene rings is 1. The minimum absolute atomic E-state index is 0. The Morgan fingerprint density at radius 2 is 1.76 bits per heavy atom. The first-order valence-corrected chi connectivity index (χ1v) is 6.62. The van der Waals surface area contributed by atoms with Gasteiger partial charge in [0, 0.05) is 4.90 Å². The second-order valence-corrected chi connectivity index (χ2v) is 4.71. The van der Waals surface area contributed by atoms with Gasteiger partial charge in [0.15, 0.2) is 0 Å². The second kappa shape index (κ2) is 10.9. The molecule has 0 amide bonds. The zero-order valence-electron chi connectivity index (χ0n) is 9.95. The average molecular weight is 380 g/mol. The van der Waals surface area contributed by atoms with Gasteiger partial charge < -0.3 is 0 Å². The van der Waals surface area contributed by atoms with E-state index in [0.29, 0.717) is 6.42 Å². The Kier molecular flexibility index (Phi) is 11.6. The molecule has 0 fully saturated rings. The molecule has 0 aliphatic heterocycles. The van der Waals surface area contributed by atoms with Crippen LogP contribution in [-0.2, 0) is 0 Å². The monoisotopic (exact) mass is 380 g/mol. The SMILES string of the molecule is CCCCCCCC(F)c1ccccc1S.[BaH2]. The maximum absolute atomic E-state index is 13.9. The summed E-state index contributed by atoms with van der Waals surface area (Å²) in [6.45, 7) is 2.19. The van der Waals surface area contributed by atoms with Gasteiger partial charge in [-0.2, -0.15) is 0 Å². The normalized spacial score (nSPS) is 11.9. The van der Waals surface area contributed by atoms with Crippen LogP contribution >= 0.6 is 12.6 Å². The van der Waals surface area contributed by atoms with Crippen molar-refractivity contribution >= 4 is 61.5 Å². The summed E-state index contributed by atoms with van der Waals surface area (Å²) in [5.41, 5.74) is 0.737. The van der Waals surface area contributed by atoms with Crippen molar-refractivity contribution in [3.63, 3.8) is 0 Å². The van der Waals surface area contributed by atoms with Crippen LogP contribution in [0.5, 0.6) is 0 Å². The molecule has 94 valence electrons. The number of hydrogen-bond acceptors (Lipinski definition) is 1. The quantitative estimate of drug-likeness (QED) is 0.404. The third-order valence-electron chi connectivity index (χ3n) is 2.84. The summed E-state index contributed by atoms with van der Waals surface area (Å²) < 4.78 is 13.9. The van der Waals surface area contributed by atoms with Gasteiger partial charge in [-0.1, -0.05) is 57.2 Å². The summed E-state index contributed by atoms with van der Waals surface area (Å²) in [5, 5.41) is 0. The zero-order chi connectivity index (χ0) is 11.8. The van der Waals surface area contributed by atoms with E-state index in [1.807, 2.05) is 24.3 Å². The van der Waals surface area contributed by atoms with Gasteiger partial charge in [-0.3, -0.25) is 0 Å². The fraction of sp³-hybridized carbons (Fsp3) is 0.571. The van der Waals surface area contributed by atoms with E-state index in [1.54, 1.807) is 0 Å². The number of rotatable bonds is 7. The van der Waals surface area contributed by atoms with Gasteiger partial charge >= 0.3 is 48.9 Å². The molecule has 0 saturated carbocycles. The van der Waals surface area contributed by atoms with E-state index in [4.69, 9.17) is 0 Å². The molecule has 0 bridgehead atoms. The Morgan fingerprint density at radius 1 is 1.12 bits per heavy atom. The van der Waals surface area contributed by atoms with Crippen LogP contribution < -0.4 is 0 Å². The molecule has 0 saturated heterocycles. The van der Waals surface area contributed by atoms with Crippen LogP contribution in [0.15, 0.2) is 29.2 Å².